The highest BCUT2D eigenvalue weighted by Crippen LogP contribution is 2.17. The van der Waals surface area contributed by atoms with E-state index in [0.29, 0.717) is 25.3 Å². The van der Waals surface area contributed by atoms with E-state index in [-0.39, 0.29) is 17.7 Å². The van der Waals surface area contributed by atoms with Gasteiger partial charge in [0.05, 0.1) is 12.1 Å². The standard InChI is InChI=1S/C16H25N5O2/c1-3-20(4-2)9-5-6-19-15(22)13-11-21(12-13)16(23)14-10-17-7-8-18-14/h7-8,10,13H,3-6,9,11-12H2,1-2H3,(H,19,22). The van der Waals surface area contributed by atoms with E-state index in [1.54, 1.807) is 4.90 Å². The number of carbonyl (C=O) groups is 2. The number of nitrogens with one attached hydrogen (secondary N) is 1. The SMILES string of the molecule is CCN(CC)CCCNC(=O)C1CN(C(=O)c2cnccn2)C1. The van der Waals surface area contributed by atoms with Crippen molar-refractivity contribution in [3.8, 4) is 0 Å². The Morgan fingerprint density at radius 1 is 1.30 bits per heavy atom. The molecule has 0 radical (unpaired) electrons. The van der Waals surface area contributed by atoms with Crippen LogP contribution in [0.5, 0.6) is 0 Å². The maximum atomic E-state index is 12.1. The normalized spacial score (nSPS) is 14.7. The lowest BCUT2D eigenvalue weighted by molar-refractivity contribution is -0.129. The van der Waals surface area contributed by atoms with Gasteiger partial charge in [-0.3, -0.25) is 14.6 Å². The van der Waals surface area contributed by atoms with Gasteiger partial charge in [0.25, 0.3) is 5.91 Å². The molecule has 1 aliphatic heterocycles. The summed E-state index contributed by atoms with van der Waals surface area (Å²) in [5.74, 6) is -0.236. The van der Waals surface area contributed by atoms with Crippen molar-refractivity contribution in [3.05, 3.63) is 24.3 Å². The molecule has 0 aliphatic carbocycles. The Bertz CT molecular complexity index is 512. The van der Waals surface area contributed by atoms with Gasteiger partial charge in [-0.1, -0.05) is 13.8 Å². The number of carbonyl (C=O) groups excluding carboxylic acids is 2. The van der Waals surface area contributed by atoms with Gasteiger partial charge in [0.1, 0.15) is 5.69 Å². The summed E-state index contributed by atoms with van der Waals surface area (Å²) in [5.41, 5.74) is 0.325. The van der Waals surface area contributed by atoms with E-state index in [1.165, 1.54) is 18.6 Å². The molecule has 23 heavy (non-hydrogen) atoms. The lowest BCUT2D eigenvalue weighted by Gasteiger charge is -2.37. The van der Waals surface area contributed by atoms with Crippen molar-refractivity contribution < 1.29 is 9.59 Å². The number of likely N-dealkylation sites (tertiary alicyclic amines) is 1. The van der Waals surface area contributed by atoms with Crippen LogP contribution >= 0.6 is 0 Å². The van der Waals surface area contributed by atoms with Gasteiger partial charge in [-0.15, -0.1) is 0 Å². The van der Waals surface area contributed by atoms with E-state index in [0.717, 1.165) is 26.1 Å². The van der Waals surface area contributed by atoms with E-state index in [9.17, 15) is 9.59 Å². The third-order valence-corrected chi connectivity index (χ3v) is 4.17. The zero-order chi connectivity index (χ0) is 16.7. The first-order valence-electron chi connectivity index (χ1n) is 8.21. The fraction of sp³-hybridized carbons (Fsp3) is 0.625. The van der Waals surface area contributed by atoms with E-state index < -0.39 is 0 Å². The predicted molar refractivity (Wildman–Crippen MR) is 86.8 cm³/mol. The number of rotatable bonds is 8. The molecule has 0 atom stereocenters. The molecule has 1 aliphatic rings. The van der Waals surface area contributed by atoms with Crippen molar-refractivity contribution in [2.75, 3.05) is 39.3 Å². The molecule has 0 unspecified atom stereocenters. The molecule has 1 aromatic rings. The van der Waals surface area contributed by atoms with Gasteiger partial charge in [0.2, 0.25) is 5.91 Å². The van der Waals surface area contributed by atoms with Crippen molar-refractivity contribution in [1.29, 1.82) is 0 Å². The van der Waals surface area contributed by atoms with Crippen LogP contribution in [0.3, 0.4) is 0 Å². The van der Waals surface area contributed by atoms with Gasteiger partial charge >= 0.3 is 0 Å². The Morgan fingerprint density at radius 3 is 2.65 bits per heavy atom. The van der Waals surface area contributed by atoms with E-state index >= 15 is 0 Å². The maximum absolute atomic E-state index is 12.1. The lowest BCUT2D eigenvalue weighted by Crippen LogP contribution is -2.56. The van der Waals surface area contributed by atoms with Gasteiger partial charge in [0, 0.05) is 32.0 Å². The Labute approximate surface area is 137 Å². The Morgan fingerprint density at radius 2 is 2.04 bits per heavy atom. The van der Waals surface area contributed by atoms with Crippen LogP contribution in [0, 0.1) is 5.92 Å². The van der Waals surface area contributed by atoms with Crippen molar-refractivity contribution in [3.63, 3.8) is 0 Å². The van der Waals surface area contributed by atoms with Crippen LogP contribution in [0.1, 0.15) is 30.8 Å². The molecule has 0 spiro atoms. The fourth-order valence-corrected chi connectivity index (χ4v) is 2.58. The highest BCUT2D eigenvalue weighted by atomic mass is 16.2. The number of amides is 2. The summed E-state index contributed by atoms with van der Waals surface area (Å²) in [4.78, 5) is 35.9. The van der Waals surface area contributed by atoms with Gasteiger partial charge in [-0.25, -0.2) is 4.98 Å². The van der Waals surface area contributed by atoms with Gasteiger partial charge < -0.3 is 15.1 Å². The number of hydrogen-bond acceptors (Lipinski definition) is 5. The summed E-state index contributed by atoms with van der Waals surface area (Å²) in [6, 6.07) is 0. The minimum absolute atomic E-state index is 0.0349. The summed E-state index contributed by atoms with van der Waals surface area (Å²) < 4.78 is 0. The van der Waals surface area contributed by atoms with Crippen LogP contribution in [0.4, 0.5) is 0 Å². The smallest absolute Gasteiger partial charge is 0.274 e. The first kappa shape index (κ1) is 17.3. The van der Waals surface area contributed by atoms with E-state index in [2.05, 4.69) is 34.0 Å². The molecule has 7 heteroatoms. The van der Waals surface area contributed by atoms with E-state index in [4.69, 9.17) is 0 Å². The minimum Gasteiger partial charge on any atom is -0.356 e. The average molecular weight is 319 g/mol. The number of nitrogens with zero attached hydrogens (tertiary/aromatic N) is 4. The Hall–Kier alpha value is -2.02. The molecule has 1 aromatic heterocycles. The highest BCUT2D eigenvalue weighted by molar-refractivity contribution is 5.94. The zero-order valence-corrected chi connectivity index (χ0v) is 13.9. The van der Waals surface area contributed by atoms with Crippen molar-refractivity contribution in [2.24, 2.45) is 5.92 Å². The molecule has 2 heterocycles. The van der Waals surface area contributed by atoms with Crippen LogP contribution in [0.15, 0.2) is 18.6 Å². The second-order valence-corrected chi connectivity index (χ2v) is 5.67. The topological polar surface area (TPSA) is 78.4 Å². The second kappa shape index (κ2) is 8.57. The van der Waals surface area contributed by atoms with Crippen LogP contribution < -0.4 is 5.32 Å². The summed E-state index contributed by atoms with van der Waals surface area (Å²) in [5, 5.41) is 2.96. The van der Waals surface area contributed by atoms with Crippen molar-refractivity contribution in [2.45, 2.75) is 20.3 Å². The fourth-order valence-electron chi connectivity index (χ4n) is 2.58. The minimum atomic E-state index is -0.163. The Kier molecular flexibility index (Phi) is 6.46. The molecular weight excluding hydrogens is 294 g/mol. The van der Waals surface area contributed by atoms with Crippen LogP contribution in [-0.2, 0) is 4.79 Å². The van der Waals surface area contributed by atoms with Gasteiger partial charge in [-0.05, 0) is 26.1 Å². The third kappa shape index (κ3) is 4.72. The second-order valence-electron chi connectivity index (χ2n) is 5.67. The molecule has 0 aromatic carbocycles. The molecule has 0 bridgehead atoms. The summed E-state index contributed by atoms with van der Waals surface area (Å²) >= 11 is 0. The molecule has 1 N–H and O–H groups in total. The first-order chi connectivity index (χ1) is 11.2. The van der Waals surface area contributed by atoms with Crippen LogP contribution in [0.2, 0.25) is 0 Å². The van der Waals surface area contributed by atoms with E-state index in [1.807, 2.05) is 0 Å². The molecule has 7 nitrogen and oxygen atoms in total. The molecule has 1 saturated heterocycles. The Balaban J connectivity index is 1.65. The average Bonchev–Trinajstić information content (AvgIpc) is 2.54. The molecule has 2 rings (SSSR count). The molecule has 126 valence electrons. The molecule has 1 fully saturated rings. The number of hydrogen-bond donors (Lipinski definition) is 1. The summed E-state index contributed by atoms with van der Waals surface area (Å²) in [7, 11) is 0. The van der Waals surface area contributed by atoms with Gasteiger partial charge in [-0.2, -0.15) is 0 Å². The third-order valence-electron chi connectivity index (χ3n) is 4.17. The molecule has 2 amide bonds. The molecular formula is C16H25N5O2. The van der Waals surface area contributed by atoms with Gasteiger partial charge in [0.15, 0.2) is 0 Å². The van der Waals surface area contributed by atoms with Crippen LogP contribution in [0.25, 0.3) is 0 Å². The number of aromatic nitrogens is 2. The van der Waals surface area contributed by atoms with Crippen LogP contribution in [-0.4, -0.2) is 70.9 Å². The molecule has 0 saturated carbocycles. The quantitative estimate of drug-likeness (QED) is 0.702. The summed E-state index contributed by atoms with van der Waals surface area (Å²) in [6.07, 6.45) is 5.42. The lowest BCUT2D eigenvalue weighted by atomic mass is 9.98. The largest absolute Gasteiger partial charge is 0.356 e. The zero-order valence-electron chi connectivity index (χ0n) is 13.9. The highest BCUT2D eigenvalue weighted by Gasteiger charge is 2.36. The summed E-state index contributed by atoms with van der Waals surface area (Å²) in [6.45, 7) is 8.94. The monoisotopic (exact) mass is 319 g/mol. The van der Waals surface area contributed by atoms with Crippen molar-refractivity contribution >= 4 is 11.8 Å². The predicted octanol–water partition coefficient (Wildman–Crippen LogP) is 0.397. The first-order valence-corrected chi connectivity index (χ1v) is 8.21. The van der Waals surface area contributed by atoms with Crippen molar-refractivity contribution in [1.82, 2.24) is 25.1 Å². The maximum Gasteiger partial charge on any atom is 0.274 e.